The number of carbonyl (C=O) groups is 1. The molecule has 1 aromatic carbocycles. The van der Waals surface area contributed by atoms with E-state index in [2.05, 4.69) is 25.4 Å². The molecule has 0 aliphatic heterocycles. The summed E-state index contributed by atoms with van der Waals surface area (Å²) >= 11 is 0. The average molecular weight is 443 g/mol. The summed E-state index contributed by atoms with van der Waals surface area (Å²) in [5.41, 5.74) is 5.54. The van der Waals surface area contributed by atoms with Crippen LogP contribution in [0.3, 0.4) is 0 Å². The molecule has 0 unspecified atom stereocenters. The highest BCUT2D eigenvalue weighted by atomic mass is 16.1. The molecule has 8 heteroatoms. The second-order valence-corrected chi connectivity index (χ2v) is 7.89. The monoisotopic (exact) mass is 442 g/mol. The molecule has 0 aliphatic carbocycles. The third-order valence-electron chi connectivity index (χ3n) is 5.68. The number of H-pyrrole nitrogens is 1. The Balaban J connectivity index is 1.40. The van der Waals surface area contributed by atoms with Crippen molar-refractivity contribution in [2.45, 2.75) is 40.2 Å². The second kappa shape index (κ2) is 9.60. The zero-order valence-electron chi connectivity index (χ0n) is 18.9. The van der Waals surface area contributed by atoms with Crippen molar-refractivity contribution in [2.75, 3.05) is 0 Å². The number of para-hydroxylation sites is 1. The molecule has 0 atom stereocenters. The van der Waals surface area contributed by atoms with Crippen LogP contribution in [-0.2, 0) is 17.8 Å². The van der Waals surface area contributed by atoms with Crippen LogP contribution in [0.1, 0.15) is 34.6 Å². The van der Waals surface area contributed by atoms with Gasteiger partial charge in [0, 0.05) is 53.4 Å². The average Bonchev–Trinajstić information content (AvgIpc) is 3.11. The summed E-state index contributed by atoms with van der Waals surface area (Å²) in [6.45, 7) is 6.11. The molecular formula is C25H26N6O2. The van der Waals surface area contributed by atoms with E-state index in [9.17, 15) is 9.59 Å². The first kappa shape index (κ1) is 22.1. The Labute approximate surface area is 191 Å². The Bertz CT molecular complexity index is 1330. The second-order valence-electron chi connectivity index (χ2n) is 7.89. The maximum Gasteiger partial charge on any atom is 0.254 e. The molecular weight excluding hydrogens is 416 g/mol. The van der Waals surface area contributed by atoms with Crippen LogP contribution in [0.4, 0.5) is 0 Å². The summed E-state index contributed by atoms with van der Waals surface area (Å²) in [6, 6.07) is 13.5. The first-order valence-electron chi connectivity index (χ1n) is 10.8. The van der Waals surface area contributed by atoms with Crippen LogP contribution in [0.5, 0.6) is 0 Å². The number of carbonyl (C=O) groups excluding carboxylic acids is 1. The third kappa shape index (κ3) is 4.90. The lowest BCUT2D eigenvalue weighted by Crippen LogP contribution is -2.25. The van der Waals surface area contributed by atoms with E-state index in [1.54, 1.807) is 31.5 Å². The van der Waals surface area contributed by atoms with Gasteiger partial charge in [-0.3, -0.25) is 14.6 Å². The van der Waals surface area contributed by atoms with Crippen molar-refractivity contribution in [3.05, 3.63) is 93.4 Å². The van der Waals surface area contributed by atoms with Crippen LogP contribution in [-0.4, -0.2) is 30.6 Å². The summed E-state index contributed by atoms with van der Waals surface area (Å²) in [4.78, 5) is 36.4. The number of aryl methyl sites for hydroxylation is 2. The number of rotatable bonds is 7. The number of hydrogen-bond donors (Lipinski definition) is 2. The SMILES string of the molecule is Cc1nn(-c2ccccc2)c(C)c1CNC(=O)CCc1c(C)nc(-c2ccncc2)[nH]c1=O. The van der Waals surface area contributed by atoms with Gasteiger partial charge in [0.2, 0.25) is 5.91 Å². The Hall–Kier alpha value is -4.07. The lowest BCUT2D eigenvalue weighted by molar-refractivity contribution is -0.121. The van der Waals surface area contributed by atoms with Gasteiger partial charge in [0.25, 0.3) is 5.56 Å². The van der Waals surface area contributed by atoms with Crippen LogP contribution in [0.15, 0.2) is 59.7 Å². The third-order valence-corrected chi connectivity index (χ3v) is 5.68. The van der Waals surface area contributed by atoms with Crippen LogP contribution in [0.25, 0.3) is 17.1 Å². The van der Waals surface area contributed by atoms with E-state index in [0.717, 1.165) is 28.2 Å². The van der Waals surface area contributed by atoms with Crippen LogP contribution >= 0.6 is 0 Å². The first-order chi connectivity index (χ1) is 15.9. The van der Waals surface area contributed by atoms with Gasteiger partial charge < -0.3 is 10.3 Å². The summed E-state index contributed by atoms with van der Waals surface area (Å²) in [7, 11) is 0. The van der Waals surface area contributed by atoms with E-state index in [1.165, 1.54) is 0 Å². The molecule has 4 rings (SSSR count). The number of nitrogens with one attached hydrogen (secondary N) is 2. The van der Waals surface area contributed by atoms with Gasteiger partial charge in [-0.05, 0) is 51.5 Å². The predicted molar refractivity (Wildman–Crippen MR) is 126 cm³/mol. The van der Waals surface area contributed by atoms with Gasteiger partial charge in [-0.15, -0.1) is 0 Å². The van der Waals surface area contributed by atoms with Crippen molar-refractivity contribution in [1.29, 1.82) is 0 Å². The molecule has 0 saturated carbocycles. The molecule has 2 N–H and O–H groups in total. The fraction of sp³-hybridized carbons (Fsp3) is 0.240. The highest BCUT2D eigenvalue weighted by Gasteiger charge is 2.15. The molecule has 0 aliphatic rings. The molecule has 8 nitrogen and oxygen atoms in total. The van der Waals surface area contributed by atoms with Gasteiger partial charge in [0.05, 0.1) is 11.4 Å². The molecule has 0 fully saturated rings. The molecule has 0 spiro atoms. The van der Waals surface area contributed by atoms with E-state index in [1.807, 2.05) is 48.9 Å². The van der Waals surface area contributed by atoms with Crippen molar-refractivity contribution in [1.82, 2.24) is 30.0 Å². The number of aromatic nitrogens is 5. The maximum absolute atomic E-state index is 12.6. The molecule has 0 radical (unpaired) electrons. The van der Waals surface area contributed by atoms with E-state index < -0.39 is 0 Å². The number of nitrogens with zero attached hydrogens (tertiary/aromatic N) is 4. The lowest BCUT2D eigenvalue weighted by Gasteiger charge is -2.09. The number of benzene rings is 1. The molecule has 33 heavy (non-hydrogen) atoms. The van der Waals surface area contributed by atoms with Gasteiger partial charge >= 0.3 is 0 Å². The zero-order chi connectivity index (χ0) is 23.4. The number of amides is 1. The largest absolute Gasteiger partial charge is 0.352 e. The Morgan fingerprint density at radius 3 is 2.42 bits per heavy atom. The summed E-state index contributed by atoms with van der Waals surface area (Å²) < 4.78 is 1.88. The van der Waals surface area contributed by atoms with Gasteiger partial charge in [-0.25, -0.2) is 9.67 Å². The van der Waals surface area contributed by atoms with E-state index in [-0.39, 0.29) is 17.9 Å². The van der Waals surface area contributed by atoms with Crippen LogP contribution in [0, 0.1) is 20.8 Å². The highest BCUT2D eigenvalue weighted by Crippen LogP contribution is 2.18. The molecule has 0 saturated heterocycles. The smallest absolute Gasteiger partial charge is 0.254 e. The minimum atomic E-state index is -0.224. The van der Waals surface area contributed by atoms with Crippen LogP contribution in [0.2, 0.25) is 0 Å². The van der Waals surface area contributed by atoms with E-state index >= 15 is 0 Å². The lowest BCUT2D eigenvalue weighted by atomic mass is 10.1. The maximum atomic E-state index is 12.6. The number of aromatic amines is 1. The standard InChI is InChI=1S/C25H26N6O2/c1-16-21(25(33)29-24(28-16)19-11-13-26-14-12-19)9-10-23(32)27-15-22-17(2)30-31(18(22)3)20-7-5-4-6-8-20/h4-8,11-14H,9-10,15H2,1-3H3,(H,27,32)(H,28,29,33). The fourth-order valence-corrected chi connectivity index (χ4v) is 3.82. The summed E-state index contributed by atoms with van der Waals surface area (Å²) in [5, 5.41) is 7.58. The number of hydrogen-bond acceptors (Lipinski definition) is 5. The van der Waals surface area contributed by atoms with Crippen molar-refractivity contribution in [2.24, 2.45) is 0 Å². The fourth-order valence-electron chi connectivity index (χ4n) is 3.82. The Morgan fingerprint density at radius 1 is 1.00 bits per heavy atom. The van der Waals surface area contributed by atoms with Crippen molar-refractivity contribution in [3.63, 3.8) is 0 Å². The summed E-state index contributed by atoms with van der Waals surface area (Å²) in [6.07, 6.45) is 3.81. The minimum absolute atomic E-state index is 0.127. The molecule has 4 aromatic rings. The quantitative estimate of drug-likeness (QED) is 0.457. The zero-order valence-corrected chi connectivity index (χ0v) is 18.9. The highest BCUT2D eigenvalue weighted by molar-refractivity contribution is 5.76. The predicted octanol–water partition coefficient (Wildman–Crippen LogP) is 3.19. The summed E-state index contributed by atoms with van der Waals surface area (Å²) in [5.74, 6) is 0.368. The molecule has 1 amide bonds. The van der Waals surface area contributed by atoms with Gasteiger partial charge in [0.1, 0.15) is 5.82 Å². The van der Waals surface area contributed by atoms with Crippen LogP contribution < -0.4 is 10.9 Å². The van der Waals surface area contributed by atoms with Gasteiger partial charge in [-0.1, -0.05) is 18.2 Å². The topological polar surface area (TPSA) is 106 Å². The van der Waals surface area contributed by atoms with E-state index in [0.29, 0.717) is 30.0 Å². The molecule has 0 bridgehead atoms. The Kier molecular flexibility index (Phi) is 6.44. The minimum Gasteiger partial charge on any atom is -0.352 e. The van der Waals surface area contributed by atoms with Crippen molar-refractivity contribution < 1.29 is 4.79 Å². The first-order valence-corrected chi connectivity index (χ1v) is 10.8. The van der Waals surface area contributed by atoms with Crippen molar-refractivity contribution >= 4 is 5.91 Å². The molecule has 3 heterocycles. The normalized spacial score (nSPS) is 10.9. The van der Waals surface area contributed by atoms with E-state index in [4.69, 9.17) is 0 Å². The molecule has 168 valence electrons. The van der Waals surface area contributed by atoms with Crippen molar-refractivity contribution in [3.8, 4) is 17.1 Å². The molecule has 3 aromatic heterocycles. The van der Waals surface area contributed by atoms with Gasteiger partial charge in [-0.2, -0.15) is 5.10 Å². The Morgan fingerprint density at radius 2 is 1.73 bits per heavy atom. The number of pyridine rings is 1. The van der Waals surface area contributed by atoms with Gasteiger partial charge in [0.15, 0.2) is 0 Å².